The number of aryl methyl sites for hydroxylation is 2. The average Bonchev–Trinajstić information content (AvgIpc) is 2.49. The van der Waals surface area contributed by atoms with Gasteiger partial charge in [0.2, 0.25) is 0 Å². The molecule has 2 aromatic rings. The summed E-state index contributed by atoms with van der Waals surface area (Å²) in [6.07, 6.45) is 1.07. The molecule has 0 unspecified atom stereocenters. The summed E-state index contributed by atoms with van der Waals surface area (Å²) in [5.41, 5.74) is 5.28. The monoisotopic (exact) mass is 268 g/mol. The first-order valence-electron chi connectivity index (χ1n) is 7.31. The maximum Gasteiger partial charge on any atom is 0.0402 e. The minimum absolute atomic E-state index is 0.948. The highest BCUT2D eigenvalue weighted by atomic mass is 15.1. The Morgan fingerprint density at radius 3 is 2.45 bits per heavy atom. The molecule has 0 amide bonds. The predicted molar refractivity (Wildman–Crippen MR) is 88.8 cm³/mol. The van der Waals surface area contributed by atoms with Gasteiger partial charge in [-0.1, -0.05) is 43.3 Å². The smallest absolute Gasteiger partial charge is 0.0402 e. The number of para-hydroxylation sites is 2. The van der Waals surface area contributed by atoms with Gasteiger partial charge in [-0.25, -0.2) is 0 Å². The van der Waals surface area contributed by atoms with E-state index in [0.717, 1.165) is 19.5 Å². The Kier molecular flexibility index (Phi) is 5.05. The molecular weight excluding hydrogens is 244 g/mol. The van der Waals surface area contributed by atoms with E-state index < -0.39 is 0 Å². The van der Waals surface area contributed by atoms with Crippen LogP contribution in [-0.4, -0.2) is 20.1 Å². The van der Waals surface area contributed by atoms with E-state index in [1.165, 1.54) is 22.5 Å². The van der Waals surface area contributed by atoms with Crippen molar-refractivity contribution in [3.8, 4) is 0 Å². The molecule has 106 valence electrons. The van der Waals surface area contributed by atoms with E-state index in [1.807, 2.05) is 0 Å². The molecule has 0 saturated heterocycles. The third-order valence-corrected chi connectivity index (χ3v) is 3.69. The zero-order valence-corrected chi connectivity index (χ0v) is 12.7. The molecule has 0 aliphatic heterocycles. The average molecular weight is 268 g/mol. The Morgan fingerprint density at radius 1 is 1.00 bits per heavy atom. The van der Waals surface area contributed by atoms with Gasteiger partial charge in [0.25, 0.3) is 0 Å². The van der Waals surface area contributed by atoms with E-state index in [-0.39, 0.29) is 0 Å². The number of benzene rings is 2. The Labute approximate surface area is 122 Å². The van der Waals surface area contributed by atoms with Crippen LogP contribution in [0.4, 0.5) is 11.4 Å². The van der Waals surface area contributed by atoms with Crippen molar-refractivity contribution in [2.75, 3.05) is 30.4 Å². The second kappa shape index (κ2) is 6.99. The number of hydrogen-bond acceptors (Lipinski definition) is 2. The van der Waals surface area contributed by atoms with Crippen LogP contribution < -0.4 is 10.2 Å². The van der Waals surface area contributed by atoms with Gasteiger partial charge in [-0.15, -0.1) is 0 Å². The molecule has 0 aliphatic rings. The van der Waals surface area contributed by atoms with Crippen molar-refractivity contribution < 1.29 is 0 Å². The number of nitrogens with one attached hydrogen (secondary N) is 1. The molecule has 2 nitrogen and oxygen atoms in total. The summed E-state index contributed by atoms with van der Waals surface area (Å²) in [5, 5.41) is 3.59. The summed E-state index contributed by atoms with van der Waals surface area (Å²) < 4.78 is 0. The molecule has 2 aromatic carbocycles. The highest BCUT2D eigenvalue weighted by Gasteiger charge is 2.04. The van der Waals surface area contributed by atoms with Gasteiger partial charge >= 0.3 is 0 Å². The van der Waals surface area contributed by atoms with E-state index >= 15 is 0 Å². The third kappa shape index (κ3) is 3.53. The maximum absolute atomic E-state index is 3.59. The second-order valence-electron chi connectivity index (χ2n) is 5.15. The zero-order chi connectivity index (χ0) is 14.4. The summed E-state index contributed by atoms with van der Waals surface area (Å²) in [5.74, 6) is 0. The molecule has 2 heteroatoms. The Morgan fingerprint density at radius 2 is 1.75 bits per heavy atom. The lowest BCUT2D eigenvalue weighted by Crippen LogP contribution is -2.25. The summed E-state index contributed by atoms with van der Waals surface area (Å²) in [7, 11) is 2.13. The van der Waals surface area contributed by atoms with Crippen LogP contribution in [0.15, 0.2) is 48.5 Å². The van der Waals surface area contributed by atoms with E-state index in [4.69, 9.17) is 0 Å². The number of rotatable bonds is 6. The van der Waals surface area contributed by atoms with E-state index in [0.29, 0.717) is 0 Å². The van der Waals surface area contributed by atoms with Gasteiger partial charge in [0.15, 0.2) is 0 Å². The van der Waals surface area contributed by atoms with Gasteiger partial charge in [-0.2, -0.15) is 0 Å². The van der Waals surface area contributed by atoms with Crippen LogP contribution in [0.1, 0.15) is 18.1 Å². The number of hydrogen-bond donors (Lipinski definition) is 1. The molecule has 0 heterocycles. The van der Waals surface area contributed by atoms with Crippen molar-refractivity contribution >= 4 is 11.4 Å². The van der Waals surface area contributed by atoms with Gasteiger partial charge < -0.3 is 10.2 Å². The van der Waals surface area contributed by atoms with Crippen LogP contribution in [0.25, 0.3) is 0 Å². The van der Waals surface area contributed by atoms with Gasteiger partial charge in [0.1, 0.15) is 0 Å². The largest absolute Gasteiger partial charge is 0.383 e. The molecule has 0 fully saturated rings. The lowest BCUT2D eigenvalue weighted by Gasteiger charge is -2.21. The maximum atomic E-state index is 3.59. The Bertz CT molecular complexity index is 534. The molecule has 0 aliphatic carbocycles. The van der Waals surface area contributed by atoms with Gasteiger partial charge in [0, 0.05) is 31.5 Å². The molecule has 0 bridgehead atoms. The third-order valence-electron chi connectivity index (χ3n) is 3.69. The minimum atomic E-state index is 0.948. The summed E-state index contributed by atoms with van der Waals surface area (Å²) in [6, 6.07) is 17.0. The van der Waals surface area contributed by atoms with Gasteiger partial charge in [-0.05, 0) is 36.6 Å². The van der Waals surface area contributed by atoms with E-state index in [1.54, 1.807) is 0 Å². The highest BCUT2D eigenvalue weighted by Crippen LogP contribution is 2.20. The van der Waals surface area contributed by atoms with Crippen molar-refractivity contribution in [1.82, 2.24) is 0 Å². The number of likely N-dealkylation sites (N-methyl/N-ethyl adjacent to an activating group) is 1. The Hall–Kier alpha value is -1.96. The molecule has 0 atom stereocenters. The van der Waals surface area contributed by atoms with Crippen LogP contribution in [0.3, 0.4) is 0 Å². The van der Waals surface area contributed by atoms with Crippen molar-refractivity contribution in [2.24, 2.45) is 0 Å². The zero-order valence-electron chi connectivity index (χ0n) is 12.7. The van der Waals surface area contributed by atoms with Gasteiger partial charge in [0.05, 0.1) is 0 Å². The first kappa shape index (κ1) is 14.4. The number of anilines is 2. The normalized spacial score (nSPS) is 10.3. The van der Waals surface area contributed by atoms with E-state index in [2.05, 4.69) is 79.6 Å². The fraction of sp³-hybridized carbons (Fsp3) is 0.333. The van der Waals surface area contributed by atoms with Crippen molar-refractivity contribution in [3.05, 3.63) is 59.7 Å². The molecule has 0 spiro atoms. The fourth-order valence-corrected chi connectivity index (χ4v) is 2.44. The topological polar surface area (TPSA) is 15.3 Å². The lowest BCUT2D eigenvalue weighted by molar-refractivity contribution is 0.911. The fourth-order valence-electron chi connectivity index (χ4n) is 2.44. The number of nitrogens with zero attached hydrogens (tertiary/aromatic N) is 1. The van der Waals surface area contributed by atoms with Crippen molar-refractivity contribution in [1.29, 1.82) is 0 Å². The summed E-state index contributed by atoms with van der Waals surface area (Å²) in [6.45, 7) is 6.31. The van der Waals surface area contributed by atoms with Gasteiger partial charge in [-0.3, -0.25) is 0 Å². The minimum Gasteiger partial charge on any atom is -0.383 e. The van der Waals surface area contributed by atoms with Crippen LogP contribution in [0.5, 0.6) is 0 Å². The molecule has 0 radical (unpaired) electrons. The molecule has 0 aromatic heterocycles. The standard InChI is InChI=1S/C18H24N2/c1-4-16-10-8-9-15(2)18(16)19-13-14-20(3)17-11-6-5-7-12-17/h5-12,19H,4,13-14H2,1-3H3. The molecule has 20 heavy (non-hydrogen) atoms. The molecule has 1 N–H and O–H groups in total. The van der Waals surface area contributed by atoms with E-state index in [9.17, 15) is 0 Å². The van der Waals surface area contributed by atoms with Crippen LogP contribution in [-0.2, 0) is 6.42 Å². The quantitative estimate of drug-likeness (QED) is 0.848. The van der Waals surface area contributed by atoms with Crippen molar-refractivity contribution in [3.63, 3.8) is 0 Å². The van der Waals surface area contributed by atoms with Crippen LogP contribution in [0.2, 0.25) is 0 Å². The van der Waals surface area contributed by atoms with Crippen LogP contribution >= 0.6 is 0 Å². The summed E-state index contributed by atoms with van der Waals surface area (Å²) in [4.78, 5) is 2.27. The van der Waals surface area contributed by atoms with Crippen molar-refractivity contribution in [2.45, 2.75) is 20.3 Å². The highest BCUT2D eigenvalue weighted by molar-refractivity contribution is 5.57. The molecule has 0 saturated carbocycles. The summed E-state index contributed by atoms with van der Waals surface area (Å²) >= 11 is 0. The lowest BCUT2D eigenvalue weighted by atomic mass is 10.1. The first-order valence-corrected chi connectivity index (χ1v) is 7.31. The van der Waals surface area contributed by atoms with Crippen LogP contribution in [0, 0.1) is 6.92 Å². The molecular formula is C18H24N2. The first-order chi connectivity index (χ1) is 9.72. The second-order valence-corrected chi connectivity index (χ2v) is 5.15. The SMILES string of the molecule is CCc1cccc(C)c1NCCN(C)c1ccccc1. The Balaban J connectivity index is 1.93. The predicted octanol–water partition coefficient (Wildman–Crippen LogP) is 4.11. The molecule has 2 rings (SSSR count).